The summed E-state index contributed by atoms with van der Waals surface area (Å²) >= 11 is 5.68. The van der Waals surface area contributed by atoms with Crippen LogP contribution in [0.2, 0.25) is 5.02 Å². The number of rotatable bonds is 6. The molecule has 0 bridgehead atoms. The maximum Gasteiger partial charge on any atom is 0.243 e. The van der Waals surface area contributed by atoms with Gasteiger partial charge in [0.25, 0.3) is 0 Å². The Kier molecular flexibility index (Phi) is 6.14. The van der Waals surface area contributed by atoms with E-state index in [9.17, 15) is 17.6 Å². The molecule has 8 heteroatoms. The highest BCUT2D eigenvalue weighted by atomic mass is 35.5. The van der Waals surface area contributed by atoms with Crippen LogP contribution in [0, 0.1) is 5.82 Å². The molecule has 1 aliphatic rings. The fourth-order valence-electron chi connectivity index (χ4n) is 2.97. The van der Waals surface area contributed by atoms with Crippen molar-refractivity contribution in [2.45, 2.75) is 30.6 Å². The van der Waals surface area contributed by atoms with Gasteiger partial charge in [-0.1, -0.05) is 23.7 Å². The summed E-state index contributed by atoms with van der Waals surface area (Å²) in [5.74, 6) is -0.919. The van der Waals surface area contributed by atoms with Crippen LogP contribution in [0.1, 0.15) is 24.8 Å². The second-order valence-electron chi connectivity index (χ2n) is 6.43. The van der Waals surface area contributed by atoms with Crippen molar-refractivity contribution in [1.29, 1.82) is 0 Å². The summed E-state index contributed by atoms with van der Waals surface area (Å²) in [6.07, 6.45) is 2.35. The van der Waals surface area contributed by atoms with E-state index in [1.54, 1.807) is 24.3 Å². The molecule has 3 rings (SSSR count). The van der Waals surface area contributed by atoms with Gasteiger partial charge in [0, 0.05) is 24.5 Å². The van der Waals surface area contributed by atoms with Crippen LogP contribution in [0.15, 0.2) is 47.4 Å². The van der Waals surface area contributed by atoms with Crippen LogP contribution in [0.5, 0.6) is 0 Å². The molecule has 1 fully saturated rings. The van der Waals surface area contributed by atoms with Crippen molar-refractivity contribution in [3.63, 3.8) is 0 Å². The zero-order chi connectivity index (χ0) is 19.4. The molecule has 1 heterocycles. The molecular weight excluding hydrogens is 391 g/mol. The predicted molar refractivity (Wildman–Crippen MR) is 103 cm³/mol. The Morgan fingerprint density at radius 3 is 2.41 bits per heavy atom. The fraction of sp³-hybridized carbons (Fsp3) is 0.316. The number of carbonyl (C=O) groups is 1. The maximum atomic E-state index is 13.7. The van der Waals surface area contributed by atoms with Gasteiger partial charge in [-0.25, -0.2) is 12.8 Å². The van der Waals surface area contributed by atoms with Gasteiger partial charge in [0.1, 0.15) is 5.82 Å². The second-order valence-corrected chi connectivity index (χ2v) is 8.80. The number of amides is 1. The third kappa shape index (κ3) is 4.86. The van der Waals surface area contributed by atoms with Gasteiger partial charge in [0.15, 0.2) is 0 Å². The van der Waals surface area contributed by atoms with Crippen molar-refractivity contribution in [2.75, 3.05) is 18.4 Å². The zero-order valence-electron chi connectivity index (χ0n) is 14.6. The summed E-state index contributed by atoms with van der Waals surface area (Å²) in [5.41, 5.74) is 0.915. The van der Waals surface area contributed by atoms with E-state index < -0.39 is 15.8 Å². The van der Waals surface area contributed by atoms with Crippen molar-refractivity contribution in [1.82, 2.24) is 4.31 Å². The normalized spacial score (nSPS) is 15.0. The SMILES string of the molecule is O=C(CCc1ccc(S(=O)(=O)N2CCCC2)cc1)Nc1ccc(Cl)cc1F. The molecule has 5 nitrogen and oxygen atoms in total. The number of nitrogens with zero attached hydrogens (tertiary/aromatic N) is 1. The molecule has 0 atom stereocenters. The first-order valence-corrected chi connectivity index (χ1v) is 10.5. The second kappa shape index (κ2) is 8.37. The van der Waals surface area contributed by atoms with Gasteiger partial charge >= 0.3 is 0 Å². The summed E-state index contributed by atoms with van der Waals surface area (Å²) in [4.78, 5) is 12.3. The molecule has 0 aromatic heterocycles. The molecule has 1 aliphatic heterocycles. The summed E-state index contributed by atoms with van der Waals surface area (Å²) in [6, 6.07) is 10.6. The lowest BCUT2D eigenvalue weighted by atomic mass is 10.1. The van der Waals surface area contributed by atoms with E-state index in [1.165, 1.54) is 16.4 Å². The summed E-state index contributed by atoms with van der Waals surface area (Å²) in [5, 5.41) is 2.76. The molecule has 27 heavy (non-hydrogen) atoms. The van der Waals surface area contributed by atoms with Crippen molar-refractivity contribution >= 4 is 33.2 Å². The Labute approximate surface area is 163 Å². The fourth-order valence-corrected chi connectivity index (χ4v) is 4.64. The first kappa shape index (κ1) is 19.8. The lowest BCUT2D eigenvalue weighted by molar-refractivity contribution is -0.116. The van der Waals surface area contributed by atoms with Crippen LogP contribution in [-0.4, -0.2) is 31.7 Å². The molecule has 1 N–H and O–H groups in total. The molecule has 1 amide bonds. The number of aryl methyl sites for hydroxylation is 1. The smallest absolute Gasteiger partial charge is 0.243 e. The van der Waals surface area contributed by atoms with E-state index in [0.29, 0.717) is 19.5 Å². The van der Waals surface area contributed by atoms with Gasteiger partial charge in [0.2, 0.25) is 15.9 Å². The lowest BCUT2D eigenvalue weighted by Crippen LogP contribution is -2.27. The third-order valence-electron chi connectivity index (χ3n) is 4.47. The number of anilines is 1. The number of sulfonamides is 1. The van der Waals surface area contributed by atoms with E-state index in [1.807, 2.05) is 0 Å². The number of carbonyl (C=O) groups excluding carboxylic acids is 1. The molecule has 0 saturated carbocycles. The van der Waals surface area contributed by atoms with Crippen LogP contribution in [-0.2, 0) is 21.2 Å². The number of benzene rings is 2. The highest BCUT2D eigenvalue weighted by Gasteiger charge is 2.26. The molecule has 1 saturated heterocycles. The molecule has 0 spiro atoms. The van der Waals surface area contributed by atoms with Gasteiger partial charge in [-0.3, -0.25) is 4.79 Å². The Bertz CT molecular complexity index is 926. The minimum absolute atomic E-state index is 0.0801. The highest BCUT2D eigenvalue weighted by Crippen LogP contribution is 2.22. The molecular formula is C19H20ClFN2O3S. The highest BCUT2D eigenvalue weighted by molar-refractivity contribution is 7.89. The number of halogens is 2. The van der Waals surface area contributed by atoms with Crippen molar-refractivity contribution < 1.29 is 17.6 Å². The van der Waals surface area contributed by atoms with E-state index in [-0.39, 0.29) is 27.9 Å². The van der Waals surface area contributed by atoms with Crippen LogP contribution in [0.4, 0.5) is 10.1 Å². The van der Waals surface area contributed by atoms with Crippen LogP contribution in [0.3, 0.4) is 0 Å². The van der Waals surface area contributed by atoms with Crippen molar-refractivity contribution in [3.05, 3.63) is 58.9 Å². The van der Waals surface area contributed by atoms with Crippen LogP contribution < -0.4 is 5.32 Å². The van der Waals surface area contributed by atoms with Gasteiger partial charge in [-0.15, -0.1) is 0 Å². The quantitative estimate of drug-likeness (QED) is 0.786. The van der Waals surface area contributed by atoms with E-state index >= 15 is 0 Å². The van der Waals surface area contributed by atoms with E-state index in [0.717, 1.165) is 24.5 Å². The van der Waals surface area contributed by atoms with Crippen molar-refractivity contribution in [2.24, 2.45) is 0 Å². The Morgan fingerprint density at radius 2 is 1.78 bits per heavy atom. The van der Waals surface area contributed by atoms with E-state index in [2.05, 4.69) is 5.32 Å². The standard InChI is InChI=1S/C19H20ClFN2O3S/c20-15-6-9-18(17(21)13-15)22-19(24)10-5-14-3-7-16(8-4-14)27(25,26)23-11-1-2-12-23/h3-4,6-9,13H,1-2,5,10-12H2,(H,22,24). The van der Waals surface area contributed by atoms with Gasteiger partial charge in [-0.05, 0) is 55.2 Å². The molecule has 0 radical (unpaired) electrons. The van der Waals surface area contributed by atoms with Crippen molar-refractivity contribution in [3.8, 4) is 0 Å². The van der Waals surface area contributed by atoms with Gasteiger partial charge < -0.3 is 5.32 Å². The summed E-state index contributed by atoms with van der Waals surface area (Å²) < 4.78 is 40.2. The Balaban J connectivity index is 1.57. The number of hydrogen-bond donors (Lipinski definition) is 1. The number of nitrogens with one attached hydrogen (secondary N) is 1. The van der Waals surface area contributed by atoms with Gasteiger partial charge in [0.05, 0.1) is 10.6 Å². The minimum Gasteiger partial charge on any atom is -0.324 e. The van der Waals surface area contributed by atoms with Gasteiger partial charge in [-0.2, -0.15) is 4.31 Å². The average molecular weight is 411 g/mol. The number of hydrogen-bond acceptors (Lipinski definition) is 3. The van der Waals surface area contributed by atoms with Crippen LogP contribution >= 0.6 is 11.6 Å². The summed E-state index contributed by atoms with van der Waals surface area (Å²) in [6.45, 7) is 1.12. The molecule has 144 valence electrons. The topological polar surface area (TPSA) is 66.5 Å². The minimum atomic E-state index is -3.43. The molecule has 0 unspecified atom stereocenters. The predicted octanol–water partition coefficient (Wildman–Crippen LogP) is 3.83. The molecule has 2 aromatic rings. The monoisotopic (exact) mass is 410 g/mol. The first-order chi connectivity index (χ1) is 12.9. The average Bonchev–Trinajstić information content (AvgIpc) is 3.18. The lowest BCUT2D eigenvalue weighted by Gasteiger charge is -2.15. The first-order valence-electron chi connectivity index (χ1n) is 8.70. The maximum absolute atomic E-state index is 13.7. The molecule has 2 aromatic carbocycles. The zero-order valence-corrected chi connectivity index (χ0v) is 16.2. The van der Waals surface area contributed by atoms with Crippen LogP contribution in [0.25, 0.3) is 0 Å². The summed E-state index contributed by atoms with van der Waals surface area (Å²) in [7, 11) is -3.43. The third-order valence-corrected chi connectivity index (χ3v) is 6.62. The Morgan fingerprint density at radius 1 is 1.11 bits per heavy atom. The van der Waals surface area contributed by atoms with E-state index in [4.69, 9.17) is 11.6 Å². The largest absolute Gasteiger partial charge is 0.324 e. The molecule has 0 aliphatic carbocycles. The Hall–Kier alpha value is -1.96.